The summed E-state index contributed by atoms with van der Waals surface area (Å²) in [4.78, 5) is 0. The first-order valence-corrected chi connectivity index (χ1v) is 6.44. The Bertz CT molecular complexity index is 218. The molecule has 0 rings (SSSR count). The molecule has 0 nitrogen and oxygen atoms in total. The van der Waals surface area contributed by atoms with Crippen LogP contribution in [0.15, 0.2) is 49.1 Å². The van der Waals surface area contributed by atoms with E-state index in [4.69, 9.17) is 0 Å². The van der Waals surface area contributed by atoms with Crippen LogP contribution in [0.25, 0.3) is 0 Å². The smallest absolute Gasteiger partial charge is 0.0316 e. The molecule has 0 aromatic heterocycles. The lowest BCUT2D eigenvalue weighted by Crippen LogP contribution is -1.70. The van der Waals surface area contributed by atoms with Gasteiger partial charge in [-0.05, 0) is 51.9 Å². The van der Waals surface area contributed by atoms with Gasteiger partial charge in [-0.2, -0.15) is 0 Å². The van der Waals surface area contributed by atoms with Gasteiger partial charge in [-0.1, -0.05) is 42.5 Å². The van der Waals surface area contributed by atoms with Gasteiger partial charge in [0.05, 0.1) is 0 Å². The van der Waals surface area contributed by atoms with E-state index in [0.29, 0.717) is 0 Å². The first-order valence-electron chi connectivity index (χ1n) is 6.44. The summed E-state index contributed by atoms with van der Waals surface area (Å²) < 4.78 is 0. The van der Waals surface area contributed by atoms with Crippen LogP contribution < -0.4 is 0 Å². The molecular formula is C16H26. The van der Waals surface area contributed by atoms with Crippen LogP contribution in [0.5, 0.6) is 0 Å². The molecule has 0 saturated carbocycles. The van der Waals surface area contributed by atoms with E-state index in [-0.39, 0.29) is 0 Å². The second kappa shape index (κ2) is 14.0. The van der Waals surface area contributed by atoms with Crippen LogP contribution >= 0.6 is 0 Å². The Morgan fingerprint density at radius 2 is 1.19 bits per heavy atom. The van der Waals surface area contributed by atoms with Crippen molar-refractivity contribution in [1.29, 1.82) is 0 Å². The molecule has 0 heteroatoms. The molecule has 0 atom stereocenters. The second-order valence-electron chi connectivity index (χ2n) is 3.89. The zero-order chi connectivity index (χ0) is 11.9. The molecule has 0 heterocycles. The maximum atomic E-state index is 3.71. The molecule has 0 amide bonds. The van der Waals surface area contributed by atoms with E-state index in [9.17, 15) is 0 Å². The highest BCUT2D eigenvalue weighted by molar-refractivity contribution is 4.90. The third-order valence-electron chi connectivity index (χ3n) is 2.35. The van der Waals surface area contributed by atoms with E-state index < -0.39 is 0 Å². The fourth-order valence-electron chi connectivity index (χ4n) is 1.40. The van der Waals surface area contributed by atoms with Crippen molar-refractivity contribution in [2.45, 2.75) is 51.9 Å². The van der Waals surface area contributed by atoms with Gasteiger partial charge >= 0.3 is 0 Å². The molecule has 0 fully saturated rings. The van der Waals surface area contributed by atoms with Gasteiger partial charge in [0, 0.05) is 0 Å². The summed E-state index contributed by atoms with van der Waals surface area (Å²) in [7, 11) is 0. The summed E-state index contributed by atoms with van der Waals surface area (Å²) >= 11 is 0. The second-order valence-corrected chi connectivity index (χ2v) is 3.89. The predicted molar refractivity (Wildman–Crippen MR) is 75.6 cm³/mol. The zero-order valence-corrected chi connectivity index (χ0v) is 10.7. The van der Waals surface area contributed by atoms with Crippen LogP contribution in [0.3, 0.4) is 0 Å². The molecule has 0 aliphatic carbocycles. The minimum atomic E-state index is 1.13. The van der Waals surface area contributed by atoms with E-state index >= 15 is 0 Å². The average molecular weight is 218 g/mol. The molecule has 0 aliphatic rings. The third kappa shape index (κ3) is 13.0. The molecular weight excluding hydrogens is 192 g/mol. The first kappa shape index (κ1) is 15.0. The van der Waals surface area contributed by atoms with Gasteiger partial charge in [0.15, 0.2) is 0 Å². The molecule has 0 unspecified atom stereocenters. The average Bonchev–Trinajstić information content (AvgIpc) is 2.31. The molecule has 0 spiro atoms. The lowest BCUT2D eigenvalue weighted by Gasteiger charge is -1.90. The fourth-order valence-corrected chi connectivity index (χ4v) is 1.40. The van der Waals surface area contributed by atoms with Gasteiger partial charge in [-0.25, -0.2) is 0 Å². The Hall–Kier alpha value is -1.04. The van der Waals surface area contributed by atoms with E-state index in [1.54, 1.807) is 0 Å². The van der Waals surface area contributed by atoms with Crippen LogP contribution in [-0.2, 0) is 0 Å². The first-order chi connectivity index (χ1) is 7.91. The summed E-state index contributed by atoms with van der Waals surface area (Å²) in [6.45, 7) is 5.78. The fraction of sp³-hybridized carbons (Fsp3) is 0.500. The Balaban J connectivity index is 3.21. The van der Waals surface area contributed by atoms with E-state index in [2.05, 4.69) is 50.0 Å². The molecule has 0 N–H and O–H groups in total. The van der Waals surface area contributed by atoms with Gasteiger partial charge in [0.25, 0.3) is 0 Å². The van der Waals surface area contributed by atoms with Crippen molar-refractivity contribution >= 4 is 0 Å². The lowest BCUT2D eigenvalue weighted by molar-refractivity contribution is 0.864. The molecule has 0 aromatic carbocycles. The number of unbranched alkanes of at least 4 members (excludes halogenated alkanes) is 4. The van der Waals surface area contributed by atoms with Gasteiger partial charge in [-0.3, -0.25) is 0 Å². The molecule has 0 aliphatic heterocycles. The number of allylic oxidation sites excluding steroid dienone is 7. The van der Waals surface area contributed by atoms with Crippen LogP contribution in [0.4, 0.5) is 0 Å². The number of rotatable bonds is 10. The maximum absolute atomic E-state index is 3.71. The quantitative estimate of drug-likeness (QED) is 0.331. The van der Waals surface area contributed by atoms with Crippen molar-refractivity contribution in [2.75, 3.05) is 0 Å². The summed E-state index contributed by atoms with van der Waals surface area (Å²) in [5.74, 6) is 0. The minimum Gasteiger partial charge on any atom is -0.103 e. The molecule has 0 aromatic rings. The maximum Gasteiger partial charge on any atom is -0.0316 e. The topological polar surface area (TPSA) is 0 Å². The van der Waals surface area contributed by atoms with Crippen molar-refractivity contribution in [2.24, 2.45) is 0 Å². The monoisotopic (exact) mass is 218 g/mol. The van der Waals surface area contributed by atoms with Gasteiger partial charge in [0.2, 0.25) is 0 Å². The standard InChI is InChI=1S/C16H26/c1-3-5-7-9-11-13-15-16-14-12-10-8-6-4-2/h3-4,6,11-14H,1,5,7-10,15-16H2,2H3/b6-4+,13-11+,14-12+. The largest absolute Gasteiger partial charge is 0.103 e. The number of hydrogen-bond acceptors (Lipinski definition) is 0. The Labute approximate surface area is 101 Å². The van der Waals surface area contributed by atoms with E-state index in [1.165, 1.54) is 38.5 Å². The third-order valence-corrected chi connectivity index (χ3v) is 2.35. The minimum absolute atomic E-state index is 1.13. The molecule has 0 radical (unpaired) electrons. The summed E-state index contributed by atoms with van der Waals surface area (Å²) in [6.07, 6.45) is 23.7. The highest BCUT2D eigenvalue weighted by atomic mass is 13.9. The zero-order valence-electron chi connectivity index (χ0n) is 10.7. The highest BCUT2D eigenvalue weighted by Gasteiger charge is 1.80. The Morgan fingerprint density at radius 1 is 0.688 bits per heavy atom. The van der Waals surface area contributed by atoms with Gasteiger partial charge < -0.3 is 0 Å². The molecule has 90 valence electrons. The van der Waals surface area contributed by atoms with Crippen molar-refractivity contribution in [1.82, 2.24) is 0 Å². The Kier molecular flexibility index (Phi) is 13.1. The number of hydrogen-bond donors (Lipinski definition) is 0. The van der Waals surface area contributed by atoms with Crippen molar-refractivity contribution in [3.63, 3.8) is 0 Å². The van der Waals surface area contributed by atoms with E-state index in [1.807, 2.05) is 6.08 Å². The van der Waals surface area contributed by atoms with Crippen molar-refractivity contribution in [3.05, 3.63) is 49.1 Å². The summed E-state index contributed by atoms with van der Waals surface area (Å²) in [5.41, 5.74) is 0. The van der Waals surface area contributed by atoms with E-state index in [0.717, 1.165) is 6.42 Å². The highest BCUT2D eigenvalue weighted by Crippen LogP contribution is 2.01. The van der Waals surface area contributed by atoms with Crippen LogP contribution in [0, 0.1) is 0 Å². The van der Waals surface area contributed by atoms with Crippen LogP contribution in [0.1, 0.15) is 51.9 Å². The van der Waals surface area contributed by atoms with Gasteiger partial charge in [-0.15, -0.1) is 6.58 Å². The van der Waals surface area contributed by atoms with Gasteiger partial charge in [0.1, 0.15) is 0 Å². The summed E-state index contributed by atoms with van der Waals surface area (Å²) in [5, 5.41) is 0. The SMILES string of the molecule is C=CCCC/C=C/CC/C=C/CC/C=C/C. The predicted octanol–water partition coefficient (Wildman–Crippen LogP) is 5.59. The van der Waals surface area contributed by atoms with Crippen LogP contribution in [0.2, 0.25) is 0 Å². The van der Waals surface area contributed by atoms with Crippen molar-refractivity contribution < 1.29 is 0 Å². The normalized spacial score (nSPS) is 12.1. The molecule has 0 saturated heterocycles. The summed E-state index contributed by atoms with van der Waals surface area (Å²) in [6, 6.07) is 0. The molecule has 16 heavy (non-hydrogen) atoms. The van der Waals surface area contributed by atoms with Crippen molar-refractivity contribution in [3.8, 4) is 0 Å². The Morgan fingerprint density at radius 3 is 1.69 bits per heavy atom. The van der Waals surface area contributed by atoms with Crippen LogP contribution in [-0.4, -0.2) is 0 Å². The molecule has 0 bridgehead atoms. The lowest BCUT2D eigenvalue weighted by atomic mass is 10.2.